The van der Waals surface area contributed by atoms with Crippen LogP contribution in [0.5, 0.6) is 0 Å². The number of rotatable bonds is 2. The lowest BCUT2D eigenvalue weighted by Gasteiger charge is -2.47. The lowest BCUT2D eigenvalue weighted by Crippen LogP contribution is -2.43. The predicted octanol–water partition coefficient (Wildman–Crippen LogP) is 3.83. The zero-order valence-corrected chi connectivity index (χ0v) is 14.5. The van der Waals surface area contributed by atoms with Gasteiger partial charge in [-0.2, -0.15) is 0 Å². The number of hydrogen-bond donors (Lipinski definition) is 0. The van der Waals surface area contributed by atoms with E-state index in [4.69, 9.17) is 9.47 Å². The summed E-state index contributed by atoms with van der Waals surface area (Å²) in [6.45, 7) is 10.0. The van der Waals surface area contributed by atoms with E-state index >= 15 is 0 Å². The fourth-order valence-corrected chi connectivity index (χ4v) is 4.10. The minimum absolute atomic E-state index is 0.107. The highest BCUT2D eigenvalue weighted by Gasteiger charge is 2.49. The first-order chi connectivity index (χ1) is 10.8. The number of allylic oxidation sites excluding steroid dienone is 3. The van der Waals surface area contributed by atoms with Crippen molar-refractivity contribution in [2.24, 2.45) is 11.3 Å². The number of hydrogen-bond acceptors (Lipinski definition) is 4. The van der Waals surface area contributed by atoms with E-state index in [1.54, 1.807) is 0 Å². The molecule has 1 aliphatic heterocycles. The van der Waals surface area contributed by atoms with Crippen molar-refractivity contribution < 1.29 is 19.1 Å². The number of esters is 2. The van der Waals surface area contributed by atoms with Gasteiger partial charge in [-0.3, -0.25) is 4.79 Å². The summed E-state index contributed by atoms with van der Waals surface area (Å²) in [4.78, 5) is 23.6. The molecule has 0 unspecified atom stereocenters. The second-order valence-electron chi connectivity index (χ2n) is 7.07. The molecule has 3 aliphatic rings. The van der Waals surface area contributed by atoms with Gasteiger partial charge < -0.3 is 9.47 Å². The van der Waals surface area contributed by atoms with E-state index in [-0.39, 0.29) is 29.4 Å². The van der Waals surface area contributed by atoms with Crippen LogP contribution in [0, 0.1) is 11.3 Å². The van der Waals surface area contributed by atoms with Gasteiger partial charge in [0.15, 0.2) is 0 Å². The van der Waals surface area contributed by atoms with E-state index in [9.17, 15) is 9.59 Å². The Kier molecular flexibility index (Phi) is 3.74. The fourth-order valence-electron chi connectivity index (χ4n) is 4.10. The minimum Gasteiger partial charge on any atom is -0.462 e. The van der Waals surface area contributed by atoms with Gasteiger partial charge in [-0.05, 0) is 31.4 Å². The maximum absolute atomic E-state index is 11.9. The molecule has 0 aromatic rings. The van der Waals surface area contributed by atoms with E-state index in [1.807, 2.05) is 20.8 Å². The molecule has 0 N–H and O–H groups in total. The molecule has 0 aromatic heterocycles. The fraction of sp³-hybridized carbons (Fsp3) is 0.579. The van der Waals surface area contributed by atoms with Crippen LogP contribution < -0.4 is 0 Å². The summed E-state index contributed by atoms with van der Waals surface area (Å²) in [5.41, 5.74) is 3.86. The summed E-state index contributed by atoms with van der Waals surface area (Å²) >= 11 is 0. The zero-order valence-electron chi connectivity index (χ0n) is 14.5. The Labute approximate surface area is 137 Å². The van der Waals surface area contributed by atoms with Crippen LogP contribution in [-0.2, 0) is 19.1 Å². The summed E-state index contributed by atoms with van der Waals surface area (Å²) in [6.07, 6.45) is 3.92. The first-order valence-electron chi connectivity index (χ1n) is 8.33. The Hall–Kier alpha value is -1.84. The highest BCUT2D eigenvalue weighted by molar-refractivity contribution is 5.94. The molecule has 4 heteroatoms. The van der Waals surface area contributed by atoms with Gasteiger partial charge in [0.2, 0.25) is 0 Å². The van der Waals surface area contributed by atoms with E-state index in [1.165, 1.54) is 5.57 Å². The molecule has 0 radical (unpaired) electrons. The molecule has 0 fully saturated rings. The van der Waals surface area contributed by atoms with Gasteiger partial charge in [-0.15, -0.1) is 0 Å². The Morgan fingerprint density at radius 3 is 2.74 bits per heavy atom. The molecule has 3 rings (SSSR count). The highest BCUT2D eigenvalue weighted by atomic mass is 16.5. The Balaban J connectivity index is 2.02. The van der Waals surface area contributed by atoms with Crippen molar-refractivity contribution in [3.05, 3.63) is 34.1 Å². The van der Waals surface area contributed by atoms with E-state index in [2.05, 4.69) is 19.9 Å². The number of carbonyl (C=O) groups excluding carboxylic acids is 2. The Morgan fingerprint density at radius 1 is 1.39 bits per heavy atom. The molecule has 3 atom stereocenters. The van der Waals surface area contributed by atoms with Crippen LogP contribution in [0.25, 0.3) is 0 Å². The predicted molar refractivity (Wildman–Crippen MR) is 86.3 cm³/mol. The molecule has 0 spiro atoms. The Bertz CT molecular complexity index is 679. The first kappa shape index (κ1) is 16.0. The molecule has 0 aromatic carbocycles. The summed E-state index contributed by atoms with van der Waals surface area (Å²) in [5.74, 6) is 0.539. The maximum Gasteiger partial charge on any atom is 0.339 e. The molecular weight excluding hydrogens is 292 g/mol. The van der Waals surface area contributed by atoms with Crippen molar-refractivity contribution in [1.29, 1.82) is 0 Å². The third-order valence-electron chi connectivity index (χ3n) is 5.82. The lowest BCUT2D eigenvalue weighted by molar-refractivity contribution is -0.153. The minimum atomic E-state index is -0.237. The second kappa shape index (κ2) is 5.36. The average Bonchev–Trinajstić information content (AvgIpc) is 2.79. The van der Waals surface area contributed by atoms with E-state index in [0.717, 1.165) is 23.3 Å². The maximum atomic E-state index is 11.9. The van der Waals surface area contributed by atoms with Crippen LogP contribution in [0.2, 0.25) is 0 Å². The third-order valence-corrected chi connectivity index (χ3v) is 5.82. The quantitative estimate of drug-likeness (QED) is 0.727. The van der Waals surface area contributed by atoms with Gasteiger partial charge in [0.25, 0.3) is 0 Å². The molecule has 4 nitrogen and oxygen atoms in total. The third kappa shape index (κ3) is 2.27. The second-order valence-corrected chi connectivity index (χ2v) is 7.07. The van der Waals surface area contributed by atoms with Crippen molar-refractivity contribution in [2.75, 3.05) is 0 Å². The van der Waals surface area contributed by atoms with Crippen LogP contribution in [0.4, 0.5) is 0 Å². The van der Waals surface area contributed by atoms with Gasteiger partial charge in [0.05, 0.1) is 0 Å². The lowest BCUT2D eigenvalue weighted by atomic mass is 9.58. The molecular formula is C19H24O4. The van der Waals surface area contributed by atoms with Crippen LogP contribution in [0.15, 0.2) is 34.1 Å². The monoisotopic (exact) mass is 316 g/mol. The van der Waals surface area contributed by atoms with Gasteiger partial charge in [0.1, 0.15) is 11.9 Å². The standard InChI is InChI=1S/C19H24O4/c1-6-16(20)22-15-8-7-14-11(3)17-13(10(2)18(21)23-17)9-19(14,5)12(15)4/h7,12,15H,6,8-9H2,1-5H3/t12-,15-,19+/m0/s1. The van der Waals surface area contributed by atoms with Gasteiger partial charge >= 0.3 is 11.9 Å². The zero-order chi connectivity index (χ0) is 16.9. The smallest absolute Gasteiger partial charge is 0.339 e. The molecule has 0 bridgehead atoms. The van der Waals surface area contributed by atoms with Gasteiger partial charge in [0, 0.05) is 35.3 Å². The first-order valence-corrected chi connectivity index (χ1v) is 8.33. The summed E-state index contributed by atoms with van der Waals surface area (Å²) in [6, 6.07) is 0. The number of carbonyl (C=O) groups is 2. The summed E-state index contributed by atoms with van der Waals surface area (Å²) < 4.78 is 11.1. The number of fused-ring (bicyclic) bond motifs is 2. The van der Waals surface area contributed by atoms with Crippen molar-refractivity contribution in [3.63, 3.8) is 0 Å². The molecule has 0 saturated carbocycles. The molecule has 0 amide bonds. The number of ether oxygens (including phenoxy) is 2. The van der Waals surface area contributed by atoms with Crippen molar-refractivity contribution in [2.45, 2.75) is 60.0 Å². The summed E-state index contributed by atoms with van der Waals surface area (Å²) in [7, 11) is 0. The normalized spacial score (nSPS) is 33.1. The highest BCUT2D eigenvalue weighted by Crippen LogP contribution is 2.56. The topological polar surface area (TPSA) is 52.6 Å². The van der Waals surface area contributed by atoms with E-state index in [0.29, 0.717) is 18.4 Å². The SMILES string of the molecule is CCC(=O)O[C@H]1CC=C2C(C)=C3OC(=O)C(C)=C3C[C@]2(C)[C@H]1C. The molecule has 124 valence electrons. The Morgan fingerprint density at radius 2 is 2.09 bits per heavy atom. The van der Waals surface area contributed by atoms with Crippen LogP contribution >= 0.6 is 0 Å². The van der Waals surface area contributed by atoms with Crippen LogP contribution in [0.3, 0.4) is 0 Å². The van der Waals surface area contributed by atoms with Gasteiger partial charge in [-0.25, -0.2) is 4.79 Å². The van der Waals surface area contributed by atoms with E-state index < -0.39 is 0 Å². The van der Waals surface area contributed by atoms with Crippen molar-refractivity contribution in [1.82, 2.24) is 0 Å². The molecule has 1 heterocycles. The van der Waals surface area contributed by atoms with Crippen molar-refractivity contribution in [3.8, 4) is 0 Å². The molecule has 0 saturated heterocycles. The van der Waals surface area contributed by atoms with Crippen LogP contribution in [0.1, 0.15) is 53.9 Å². The van der Waals surface area contributed by atoms with Crippen molar-refractivity contribution >= 4 is 11.9 Å². The van der Waals surface area contributed by atoms with Crippen LogP contribution in [-0.4, -0.2) is 18.0 Å². The molecule has 2 aliphatic carbocycles. The molecule has 23 heavy (non-hydrogen) atoms. The largest absolute Gasteiger partial charge is 0.462 e. The average molecular weight is 316 g/mol. The summed E-state index contributed by atoms with van der Waals surface area (Å²) in [5, 5.41) is 0. The van der Waals surface area contributed by atoms with Gasteiger partial charge in [-0.1, -0.05) is 26.8 Å².